The highest BCUT2D eigenvalue weighted by molar-refractivity contribution is 7.89. The maximum absolute atomic E-state index is 13.3. The Bertz CT molecular complexity index is 932. The summed E-state index contributed by atoms with van der Waals surface area (Å²) in [6, 6.07) is 8.71. The molecule has 1 saturated heterocycles. The van der Waals surface area contributed by atoms with Gasteiger partial charge in [-0.25, -0.2) is 8.42 Å². The molecule has 2 aliphatic rings. The number of likely N-dealkylation sites (N-methyl/N-ethyl adjacent to an activating group) is 1. The van der Waals surface area contributed by atoms with E-state index in [1.807, 2.05) is 13.1 Å². The van der Waals surface area contributed by atoms with Crippen molar-refractivity contribution >= 4 is 15.9 Å². The van der Waals surface area contributed by atoms with Crippen LogP contribution in [0.3, 0.4) is 0 Å². The number of carbonyl (C=O) groups is 1. The molecule has 0 radical (unpaired) electrons. The first kappa shape index (κ1) is 18.2. The molecule has 1 amide bonds. The summed E-state index contributed by atoms with van der Waals surface area (Å²) >= 11 is 0. The van der Waals surface area contributed by atoms with Crippen LogP contribution in [0.1, 0.15) is 21.7 Å². The first-order valence-electron chi connectivity index (χ1n) is 9.09. The van der Waals surface area contributed by atoms with Gasteiger partial charge in [0.1, 0.15) is 0 Å². The zero-order valence-electron chi connectivity index (χ0n) is 15.3. The molecule has 1 aromatic heterocycles. The third-order valence-electron chi connectivity index (χ3n) is 5.33. The normalized spacial score (nSPS) is 19.1. The standard InChI is InChI=1S/C19H23N3O4S/c1-20-9-11-22(12-10-20)27(24,25)18-6-2-4-15-7-8-21(14-16(15)18)19(23)17-5-3-13-26-17/h2-6,13H,7-12,14H2,1H3. The molecular weight excluding hydrogens is 366 g/mol. The topological polar surface area (TPSA) is 74.1 Å². The molecule has 0 N–H and O–H groups in total. The zero-order chi connectivity index (χ0) is 19.0. The quantitative estimate of drug-likeness (QED) is 0.794. The summed E-state index contributed by atoms with van der Waals surface area (Å²) < 4.78 is 33.3. The van der Waals surface area contributed by atoms with E-state index in [1.54, 1.807) is 33.5 Å². The van der Waals surface area contributed by atoms with Gasteiger partial charge in [-0.05, 0) is 42.8 Å². The number of sulfonamides is 1. The Balaban J connectivity index is 1.64. The Morgan fingerprint density at radius 3 is 2.52 bits per heavy atom. The lowest BCUT2D eigenvalue weighted by atomic mass is 9.99. The van der Waals surface area contributed by atoms with Crippen molar-refractivity contribution in [2.45, 2.75) is 17.9 Å². The van der Waals surface area contributed by atoms with Gasteiger partial charge in [-0.2, -0.15) is 4.31 Å². The minimum absolute atomic E-state index is 0.211. The summed E-state index contributed by atoms with van der Waals surface area (Å²) in [5.74, 6) is 0.0651. The molecule has 0 unspecified atom stereocenters. The van der Waals surface area contributed by atoms with E-state index in [0.717, 1.165) is 24.2 Å². The molecule has 0 atom stereocenters. The fourth-order valence-electron chi connectivity index (χ4n) is 3.69. The lowest BCUT2D eigenvalue weighted by Crippen LogP contribution is -2.47. The third-order valence-corrected chi connectivity index (χ3v) is 7.31. The van der Waals surface area contributed by atoms with Crippen molar-refractivity contribution in [1.82, 2.24) is 14.1 Å². The monoisotopic (exact) mass is 389 g/mol. The molecule has 8 heteroatoms. The van der Waals surface area contributed by atoms with Crippen molar-refractivity contribution in [2.75, 3.05) is 39.8 Å². The average Bonchev–Trinajstić information content (AvgIpc) is 3.21. The molecule has 1 fully saturated rings. The SMILES string of the molecule is CN1CCN(S(=O)(=O)c2cccc3c2CN(C(=O)c2ccco2)CC3)CC1. The molecule has 2 aromatic rings. The third kappa shape index (κ3) is 3.40. The molecule has 0 saturated carbocycles. The van der Waals surface area contributed by atoms with Crippen LogP contribution in [-0.4, -0.2) is 68.2 Å². The molecule has 1 aromatic carbocycles. The van der Waals surface area contributed by atoms with Gasteiger partial charge >= 0.3 is 0 Å². The summed E-state index contributed by atoms with van der Waals surface area (Å²) in [5, 5.41) is 0. The number of piperazine rings is 1. The smallest absolute Gasteiger partial charge is 0.289 e. The van der Waals surface area contributed by atoms with Crippen molar-refractivity contribution in [3.63, 3.8) is 0 Å². The lowest BCUT2D eigenvalue weighted by molar-refractivity contribution is 0.0700. The summed E-state index contributed by atoms with van der Waals surface area (Å²) in [6.45, 7) is 3.23. The van der Waals surface area contributed by atoms with Gasteiger partial charge < -0.3 is 14.2 Å². The Hall–Kier alpha value is -2.16. The summed E-state index contributed by atoms with van der Waals surface area (Å²) in [6.07, 6.45) is 2.10. The van der Waals surface area contributed by atoms with Crippen molar-refractivity contribution < 1.29 is 17.6 Å². The second-order valence-corrected chi connectivity index (χ2v) is 8.96. The second-order valence-electron chi connectivity index (χ2n) is 7.06. The van der Waals surface area contributed by atoms with E-state index in [9.17, 15) is 13.2 Å². The van der Waals surface area contributed by atoms with Gasteiger partial charge in [0.15, 0.2) is 5.76 Å². The number of benzene rings is 1. The fraction of sp³-hybridized carbons (Fsp3) is 0.421. The number of amides is 1. The minimum atomic E-state index is -3.58. The second kappa shape index (κ2) is 7.10. The molecule has 144 valence electrons. The minimum Gasteiger partial charge on any atom is -0.459 e. The number of hydrogen-bond donors (Lipinski definition) is 0. The predicted molar refractivity (Wildman–Crippen MR) is 99.9 cm³/mol. The van der Waals surface area contributed by atoms with Crippen molar-refractivity contribution in [1.29, 1.82) is 0 Å². The molecule has 0 spiro atoms. The van der Waals surface area contributed by atoms with Gasteiger partial charge in [0.2, 0.25) is 10.0 Å². The van der Waals surface area contributed by atoms with E-state index in [1.165, 1.54) is 6.26 Å². The van der Waals surface area contributed by atoms with Gasteiger partial charge in [-0.3, -0.25) is 4.79 Å². The Morgan fingerprint density at radius 2 is 1.81 bits per heavy atom. The number of furan rings is 1. The van der Waals surface area contributed by atoms with Gasteiger partial charge in [-0.15, -0.1) is 0 Å². The van der Waals surface area contributed by atoms with E-state index in [0.29, 0.717) is 31.0 Å². The maximum Gasteiger partial charge on any atom is 0.289 e. The average molecular weight is 389 g/mol. The van der Waals surface area contributed by atoms with Gasteiger partial charge in [0.25, 0.3) is 5.91 Å². The number of nitrogens with zero attached hydrogens (tertiary/aromatic N) is 3. The van der Waals surface area contributed by atoms with Crippen LogP contribution in [0.4, 0.5) is 0 Å². The van der Waals surface area contributed by atoms with E-state index in [2.05, 4.69) is 4.90 Å². The summed E-state index contributed by atoms with van der Waals surface area (Å²) in [7, 11) is -1.59. The van der Waals surface area contributed by atoms with Crippen LogP contribution in [0.2, 0.25) is 0 Å². The predicted octanol–water partition coefficient (Wildman–Crippen LogP) is 1.41. The maximum atomic E-state index is 13.3. The van der Waals surface area contributed by atoms with Crippen LogP contribution >= 0.6 is 0 Å². The van der Waals surface area contributed by atoms with E-state index < -0.39 is 10.0 Å². The molecular formula is C19H23N3O4S. The number of rotatable bonds is 3. The molecule has 0 bridgehead atoms. The van der Waals surface area contributed by atoms with Crippen LogP contribution in [0.25, 0.3) is 0 Å². The van der Waals surface area contributed by atoms with Gasteiger partial charge in [-0.1, -0.05) is 12.1 Å². The molecule has 2 aliphatic heterocycles. The van der Waals surface area contributed by atoms with Gasteiger partial charge in [0, 0.05) is 39.3 Å². The van der Waals surface area contributed by atoms with E-state index in [-0.39, 0.29) is 18.2 Å². The largest absolute Gasteiger partial charge is 0.459 e. The van der Waals surface area contributed by atoms with E-state index >= 15 is 0 Å². The van der Waals surface area contributed by atoms with E-state index in [4.69, 9.17) is 4.42 Å². The lowest BCUT2D eigenvalue weighted by Gasteiger charge is -2.34. The first-order valence-corrected chi connectivity index (χ1v) is 10.5. The fourth-order valence-corrected chi connectivity index (χ4v) is 5.37. The van der Waals surface area contributed by atoms with Crippen LogP contribution in [-0.2, 0) is 23.0 Å². The first-order chi connectivity index (χ1) is 13.0. The van der Waals surface area contributed by atoms with Crippen molar-refractivity contribution in [2.24, 2.45) is 0 Å². The van der Waals surface area contributed by atoms with Crippen LogP contribution < -0.4 is 0 Å². The van der Waals surface area contributed by atoms with Crippen LogP contribution in [0.5, 0.6) is 0 Å². The van der Waals surface area contributed by atoms with Crippen LogP contribution in [0, 0.1) is 0 Å². The number of fused-ring (bicyclic) bond motifs is 1. The number of carbonyl (C=O) groups excluding carboxylic acids is 1. The van der Waals surface area contributed by atoms with Crippen LogP contribution in [0.15, 0.2) is 45.9 Å². The number of hydrogen-bond acceptors (Lipinski definition) is 5. The molecule has 4 rings (SSSR count). The van der Waals surface area contributed by atoms with Crippen molar-refractivity contribution in [3.8, 4) is 0 Å². The zero-order valence-corrected chi connectivity index (χ0v) is 16.1. The van der Waals surface area contributed by atoms with Gasteiger partial charge in [0.05, 0.1) is 11.2 Å². The highest BCUT2D eigenvalue weighted by Crippen LogP contribution is 2.29. The molecule has 3 heterocycles. The summed E-state index contributed by atoms with van der Waals surface area (Å²) in [5.41, 5.74) is 1.72. The molecule has 7 nitrogen and oxygen atoms in total. The molecule has 27 heavy (non-hydrogen) atoms. The highest BCUT2D eigenvalue weighted by atomic mass is 32.2. The Labute approximate surface area is 159 Å². The van der Waals surface area contributed by atoms with Crippen molar-refractivity contribution in [3.05, 3.63) is 53.5 Å². The Kier molecular flexibility index (Phi) is 4.79. The molecule has 0 aliphatic carbocycles. The summed E-state index contributed by atoms with van der Waals surface area (Å²) in [4.78, 5) is 16.7. The highest BCUT2D eigenvalue weighted by Gasteiger charge is 2.33. The Morgan fingerprint density at radius 1 is 1.04 bits per heavy atom.